The summed E-state index contributed by atoms with van der Waals surface area (Å²) in [7, 11) is 0. The molecule has 0 bridgehead atoms. The van der Waals surface area contributed by atoms with Crippen molar-refractivity contribution in [2.75, 3.05) is 0 Å². The largest absolute Gasteiger partial charge is 0.507 e. The van der Waals surface area contributed by atoms with E-state index in [1.54, 1.807) is 12.1 Å². The van der Waals surface area contributed by atoms with Crippen LogP contribution in [0.4, 0.5) is 0 Å². The summed E-state index contributed by atoms with van der Waals surface area (Å²) in [6, 6.07) is 7.12. The van der Waals surface area contributed by atoms with E-state index in [1.807, 2.05) is 19.1 Å². The minimum absolute atomic E-state index is 0.0541. The molecule has 2 aromatic rings. The number of nitrogens with zero attached hydrogens (tertiary/aromatic N) is 2. The second-order valence-electron chi connectivity index (χ2n) is 3.27. The molecule has 0 atom stereocenters. The van der Waals surface area contributed by atoms with Crippen LogP contribution < -0.4 is 0 Å². The lowest BCUT2D eigenvalue weighted by Crippen LogP contribution is -1.90. The maximum absolute atomic E-state index is 9.59. The van der Waals surface area contributed by atoms with Crippen molar-refractivity contribution < 1.29 is 10.3 Å². The molecule has 1 aromatic carbocycles. The molecule has 0 spiro atoms. The summed E-state index contributed by atoms with van der Waals surface area (Å²) < 4.78 is 0. The second kappa shape index (κ2) is 3.57. The molecule has 15 heavy (non-hydrogen) atoms. The van der Waals surface area contributed by atoms with Gasteiger partial charge in [0.2, 0.25) is 0 Å². The first-order valence-electron chi connectivity index (χ1n) is 4.49. The molecule has 1 heterocycles. The summed E-state index contributed by atoms with van der Waals surface area (Å²) in [6.45, 7) is 1.86. The van der Waals surface area contributed by atoms with E-state index < -0.39 is 0 Å². The number of fused-ring (bicyclic) bond motifs is 1. The molecular formula is C11H10N2O2. The molecule has 0 aliphatic rings. The van der Waals surface area contributed by atoms with E-state index in [0.717, 1.165) is 11.1 Å². The van der Waals surface area contributed by atoms with Crippen LogP contribution in [-0.2, 0) is 0 Å². The third kappa shape index (κ3) is 1.61. The zero-order valence-electron chi connectivity index (χ0n) is 8.18. The SMILES string of the molecule is Cc1ccc2ccc(O)c(/C=N/O)c2n1. The fourth-order valence-electron chi connectivity index (χ4n) is 1.48. The lowest BCUT2D eigenvalue weighted by molar-refractivity contribution is 0.321. The number of pyridine rings is 1. The van der Waals surface area contributed by atoms with Gasteiger partial charge in [-0.15, -0.1) is 0 Å². The number of oxime groups is 1. The molecule has 2 rings (SSSR count). The smallest absolute Gasteiger partial charge is 0.126 e. The van der Waals surface area contributed by atoms with Gasteiger partial charge in [0.15, 0.2) is 0 Å². The summed E-state index contributed by atoms with van der Waals surface area (Å²) in [5.41, 5.74) is 1.91. The summed E-state index contributed by atoms with van der Waals surface area (Å²) in [4.78, 5) is 4.29. The third-order valence-electron chi connectivity index (χ3n) is 2.20. The molecule has 0 saturated heterocycles. The van der Waals surface area contributed by atoms with Gasteiger partial charge < -0.3 is 10.3 Å². The van der Waals surface area contributed by atoms with Crippen molar-refractivity contribution in [3.05, 3.63) is 35.5 Å². The quantitative estimate of drug-likeness (QED) is 0.422. The zero-order valence-corrected chi connectivity index (χ0v) is 8.18. The molecular weight excluding hydrogens is 192 g/mol. The lowest BCUT2D eigenvalue weighted by Gasteiger charge is -2.04. The topological polar surface area (TPSA) is 65.7 Å². The van der Waals surface area contributed by atoms with Gasteiger partial charge in [-0.3, -0.25) is 4.98 Å². The van der Waals surface area contributed by atoms with Crippen molar-refractivity contribution >= 4 is 17.1 Å². The Morgan fingerprint density at radius 2 is 2.00 bits per heavy atom. The lowest BCUT2D eigenvalue weighted by atomic mass is 10.1. The van der Waals surface area contributed by atoms with Crippen molar-refractivity contribution in [2.24, 2.45) is 5.16 Å². The third-order valence-corrected chi connectivity index (χ3v) is 2.20. The standard InChI is InChI=1S/C11H10N2O2/c1-7-2-3-8-4-5-10(14)9(6-12-15)11(8)13-7/h2-6,14-15H,1H3/b12-6+. The fourth-order valence-corrected chi connectivity index (χ4v) is 1.48. The van der Waals surface area contributed by atoms with Gasteiger partial charge in [-0.2, -0.15) is 0 Å². The first kappa shape index (κ1) is 9.45. The summed E-state index contributed by atoms with van der Waals surface area (Å²) in [5.74, 6) is 0.0541. The van der Waals surface area contributed by atoms with Crippen LogP contribution in [0.5, 0.6) is 5.75 Å². The predicted octanol–water partition coefficient (Wildman–Crippen LogP) is 2.06. The van der Waals surface area contributed by atoms with E-state index in [2.05, 4.69) is 10.1 Å². The molecule has 4 heteroatoms. The van der Waals surface area contributed by atoms with Crippen molar-refractivity contribution in [3.8, 4) is 5.75 Å². The number of rotatable bonds is 1. The molecule has 0 unspecified atom stereocenters. The number of aromatic nitrogens is 1. The van der Waals surface area contributed by atoms with E-state index >= 15 is 0 Å². The van der Waals surface area contributed by atoms with Crippen LogP contribution >= 0.6 is 0 Å². The van der Waals surface area contributed by atoms with Gasteiger partial charge in [0.25, 0.3) is 0 Å². The van der Waals surface area contributed by atoms with E-state index in [-0.39, 0.29) is 5.75 Å². The number of hydrogen-bond donors (Lipinski definition) is 2. The normalized spacial score (nSPS) is 11.3. The maximum Gasteiger partial charge on any atom is 0.126 e. The molecule has 0 radical (unpaired) electrons. The average Bonchev–Trinajstić information content (AvgIpc) is 2.23. The summed E-state index contributed by atoms with van der Waals surface area (Å²) >= 11 is 0. The van der Waals surface area contributed by atoms with Crippen LogP contribution in [0.3, 0.4) is 0 Å². The minimum atomic E-state index is 0.0541. The number of phenols is 1. The number of phenolic OH excluding ortho intramolecular Hbond substituents is 1. The van der Waals surface area contributed by atoms with Gasteiger partial charge in [0, 0.05) is 11.1 Å². The number of hydrogen-bond acceptors (Lipinski definition) is 4. The van der Waals surface area contributed by atoms with Crippen LogP contribution in [0.2, 0.25) is 0 Å². The highest BCUT2D eigenvalue weighted by atomic mass is 16.4. The molecule has 0 aliphatic heterocycles. The van der Waals surface area contributed by atoms with Crippen LogP contribution in [0.1, 0.15) is 11.3 Å². The highest BCUT2D eigenvalue weighted by Crippen LogP contribution is 2.24. The number of aromatic hydroxyl groups is 1. The summed E-state index contributed by atoms with van der Waals surface area (Å²) in [5, 5.41) is 21.9. The van der Waals surface area contributed by atoms with Gasteiger partial charge in [-0.1, -0.05) is 11.2 Å². The van der Waals surface area contributed by atoms with E-state index in [4.69, 9.17) is 5.21 Å². The molecule has 0 saturated carbocycles. The first-order valence-corrected chi connectivity index (χ1v) is 4.49. The Bertz CT molecular complexity index is 530. The van der Waals surface area contributed by atoms with Gasteiger partial charge in [0.05, 0.1) is 17.3 Å². The Kier molecular flexibility index (Phi) is 2.25. The van der Waals surface area contributed by atoms with Crippen LogP contribution in [-0.4, -0.2) is 21.5 Å². The van der Waals surface area contributed by atoms with Crippen LogP contribution in [0.15, 0.2) is 29.4 Å². The van der Waals surface area contributed by atoms with E-state index in [9.17, 15) is 5.11 Å². The van der Waals surface area contributed by atoms with Crippen molar-refractivity contribution in [3.63, 3.8) is 0 Å². The molecule has 4 nitrogen and oxygen atoms in total. The monoisotopic (exact) mass is 202 g/mol. The van der Waals surface area contributed by atoms with E-state index in [0.29, 0.717) is 11.1 Å². The Morgan fingerprint density at radius 1 is 1.27 bits per heavy atom. The Hall–Kier alpha value is -2.10. The van der Waals surface area contributed by atoms with Gasteiger partial charge in [0.1, 0.15) is 5.75 Å². The molecule has 0 aliphatic carbocycles. The Morgan fingerprint density at radius 3 is 2.73 bits per heavy atom. The maximum atomic E-state index is 9.59. The van der Waals surface area contributed by atoms with Crippen LogP contribution in [0.25, 0.3) is 10.9 Å². The van der Waals surface area contributed by atoms with Gasteiger partial charge >= 0.3 is 0 Å². The second-order valence-corrected chi connectivity index (χ2v) is 3.27. The number of benzene rings is 1. The van der Waals surface area contributed by atoms with Gasteiger partial charge in [-0.25, -0.2) is 0 Å². The van der Waals surface area contributed by atoms with Crippen molar-refractivity contribution in [2.45, 2.75) is 6.92 Å². The first-order chi connectivity index (χ1) is 7.22. The molecule has 0 amide bonds. The fraction of sp³-hybridized carbons (Fsp3) is 0.0909. The number of aryl methyl sites for hydroxylation is 1. The highest BCUT2D eigenvalue weighted by molar-refractivity contribution is 6.00. The summed E-state index contributed by atoms with van der Waals surface area (Å²) in [6.07, 6.45) is 1.18. The van der Waals surface area contributed by atoms with E-state index in [1.165, 1.54) is 6.21 Å². The molecule has 2 N–H and O–H groups in total. The Balaban J connectivity index is 2.84. The predicted molar refractivity (Wildman–Crippen MR) is 57.5 cm³/mol. The molecule has 0 fully saturated rings. The minimum Gasteiger partial charge on any atom is -0.507 e. The Labute approximate surface area is 86.5 Å². The van der Waals surface area contributed by atoms with Crippen LogP contribution in [0, 0.1) is 6.92 Å². The average molecular weight is 202 g/mol. The zero-order chi connectivity index (χ0) is 10.8. The molecule has 76 valence electrons. The van der Waals surface area contributed by atoms with Crippen molar-refractivity contribution in [1.82, 2.24) is 4.98 Å². The van der Waals surface area contributed by atoms with Gasteiger partial charge in [-0.05, 0) is 25.1 Å². The highest BCUT2D eigenvalue weighted by Gasteiger charge is 2.06. The van der Waals surface area contributed by atoms with Crippen molar-refractivity contribution in [1.29, 1.82) is 0 Å². The molecule has 1 aromatic heterocycles.